The van der Waals surface area contributed by atoms with Gasteiger partial charge in [-0.2, -0.15) is 13.2 Å². The van der Waals surface area contributed by atoms with Crippen LogP contribution in [0.2, 0.25) is 0 Å². The molecule has 9 heteroatoms. The molecule has 0 bridgehead atoms. The summed E-state index contributed by atoms with van der Waals surface area (Å²) in [5.74, 6) is 0.577. The number of nitrogens with zero attached hydrogens (tertiary/aromatic N) is 2. The fraction of sp³-hybridized carbons (Fsp3) is 0.464. The number of likely N-dealkylation sites (tertiary alicyclic amines) is 1. The molecule has 6 nitrogen and oxygen atoms in total. The number of halogens is 3. The maximum atomic E-state index is 13.0. The van der Waals surface area contributed by atoms with Crippen LogP contribution in [0.4, 0.5) is 13.2 Å². The Hall–Kier alpha value is -2.88. The number of β-amino-alcohol motifs (C(OH)–C–C–N with tert-alkyl or cyclic N) is 1. The van der Waals surface area contributed by atoms with E-state index in [1.54, 1.807) is 23.1 Å². The molecule has 2 aromatic carbocycles. The van der Waals surface area contributed by atoms with Gasteiger partial charge < -0.3 is 24.4 Å². The number of piperidine rings is 1. The first-order valence-electron chi connectivity index (χ1n) is 12.6. The minimum Gasteiger partial charge on any atom is -0.490 e. The first-order valence-corrected chi connectivity index (χ1v) is 12.6. The van der Waals surface area contributed by atoms with Crippen LogP contribution in [0.3, 0.4) is 0 Å². The molecule has 2 fully saturated rings. The molecule has 4 rings (SSSR count). The van der Waals surface area contributed by atoms with Crippen molar-refractivity contribution in [2.24, 2.45) is 0 Å². The summed E-state index contributed by atoms with van der Waals surface area (Å²) < 4.78 is 50.3. The molecule has 0 radical (unpaired) electrons. The van der Waals surface area contributed by atoms with Crippen LogP contribution >= 0.6 is 0 Å². The van der Waals surface area contributed by atoms with Gasteiger partial charge in [-0.25, -0.2) is 0 Å². The normalized spacial score (nSPS) is 18.8. The number of para-hydroxylation sites is 1. The number of ether oxygens (including phenoxy) is 2. The number of benzene rings is 2. The number of rotatable bonds is 8. The summed E-state index contributed by atoms with van der Waals surface area (Å²) in [5, 5.41) is 10.6. The van der Waals surface area contributed by atoms with Crippen LogP contribution in [-0.2, 0) is 15.7 Å². The van der Waals surface area contributed by atoms with Crippen molar-refractivity contribution >= 4 is 12.0 Å². The van der Waals surface area contributed by atoms with Gasteiger partial charge in [0.25, 0.3) is 0 Å². The number of morpholine rings is 1. The second-order valence-corrected chi connectivity index (χ2v) is 9.47. The number of amides is 1. The van der Waals surface area contributed by atoms with Gasteiger partial charge in [-0.05, 0) is 55.6 Å². The van der Waals surface area contributed by atoms with Crippen LogP contribution in [-0.4, -0.2) is 79.5 Å². The topological polar surface area (TPSA) is 62.2 Å². The molecule has 200 valence electrons. The molecule has 2 saturated heterocycles. The van der Waals surface area contributed by atoms with Gasteiger partial charge in [0, 0.05) is 31.3 Å². The molecule has 0 spiro atoms. The number of aliphatic hydroxyl groups excluding tert-OH is 1. The predicted octanol–water partition coefficient (Wildman–Crippen LogP) is 4.20. The standard InChI is InChI=1S/C28H33F3N2O4/c29-28(30,31)24-6-3-5-23(18-24)21-10-12-32(13-11-21)19-25(34)20-37-26-7-2-1-4-22(26)8-9-27(35)33-14-16-36-17-15-33/h1-9,18,21,25,34H,10-17,19-20H2. The largest absolute Gasteiger partial charge is 0.490 e. The Kier molecular flexibility index (Phi) is 9.23. The number of alkyl halides is 3. The molecule has 37 heavy (non-hydrogen) atoms. The SMILES string of the molecule is O=C(C=Cc1ccccc1OCC(O)CN1CCC(c2cccc(C(F)(F)F)c2)CC1)N1CCOCC1. The number of aliphatic hydroxyl groups is 1. The van der Waals surface area contributed by atoms with E-state index < -0.39 is 17.8 Å². The Balaban J connectivity index is 1.24. The third kappa shape index (κ3) is 7.80. The van der Waals surface area contributed by atoms with Gasteiger partial charge in [0.1, 0.15) is 18.5 Å². The highest BCUT2D eigenvalue weighted by atomic mass is 19.4. The summed E-state index contributed by atoms with van der Waals surface area (Å²) in [5.41, 5.74) is 0.855. The van der Waals surface area contributed by atoms with Crippen LogP contribution in [0.25, 0.3) is 6.08 Å². The Morgan fingerprint density at radius 2 is 1.81 bits per heavy atom. The zero-order valence-corrected chi connectivity index (χ0v) is 20.7. The van der Waals surface area contributed by atoms with Crippen LogP contribution in [0.1, 0.15) is 35.4 Å². The lowest BCUT2D eigenvalue weighted by Crippen LogP contribution is -2.40. The van der Waals surface area contributed by atoms with Crippen LogP contribution < -0.4 is 4.74 Å². The second kappa shape index (κ2) is 12.6. The highest BCUT2D eigenvalue weighted by molar-refractivity contribution is 5.92. The van der Waals surface area contributed by atoms with Gasteiger partial charge >= 0.3 is 6.18 Å². The smallest absolute Gasteiger partial charge is 0.416 e. The summed E-state index contributed by atoms with van der Waals surface area (Å²) in [7, 11) is 0. The van der Waals surface area contributed by atoms with Gasteiger partial charge in [0.2, 0.25) is 5.91 Å². The summed E-state index contributed by atoms with van der Waals surface area (Å²) >= 11 is 0. The van der Waals surface area contributed by atoms with E-state index in [9.17, 15) is 23.1 Å². The number of hydrogen-bond donors (Lipinski definition) is 1. The lowest BCUT2D eigenvalue weighted by Gasteiger charge is -2.33. The maximum absolute atomic E-state index is 13.0. The van der Waals surface area contributed by atoms with Crippen molar-refractivity contribution in [3.05, 3.63) is 71.3 Å². The van der Waals surface area contributed by atoms with E-state index in [0.29, 0.717) is 51.7 Å². The molecule has 0 aliphatic carbocycles. The molecule has 0 saturated carbocycles. The highest BCUT2D eigenvalue weighted by Gasteiger charge is 2.31. The second-order valence-electron chi connectivity index (χ2n) is 9.47. The van der Waals surface area contributed by atoms with E-state index >= 15 is 0 Å². The van der Waals surface area contributed by atoms with E-state index in [2.05, 4.69) is 4.90 Å². The van der Waals surface area contributed by atoms with E-state index in [-0.39, 0.29) is 18.4 Å². The Morgan fingerprint density at radius 1 is 1.08 bits per heavy atom. The summed E-state index contributed by atoms with van der Waals surface area (Å²) in [6, 6.07) is 12.9. The van der Waals surface area contributed by atoms with Crippen LogP contribution in [0.15, 0.2) is 54.6 Å². The molecule has 1 N–H and O–H groups in total. The lowest BCUT2D eigenvalue weighted by molar-refractivity contribution is -0.137. The molecule has 1 unspecified atom stereocenters. The summed E-state index contributed by atoms with van der Waals surface area (Å²) in [4.78, 5) is 16.2. The third-order valence-corrected chi connectivity index (χ3v) is 6.82. The minimum atomic E-state index is -4.34. The Morgan fingerprint density at radius 3 is 2.54 bits per heavy atom. The average Bonchev–Trinajstić information content (AvgIpc) is 2.91. The van der Waals surface area contributed by atoms with Gasteiger partial charge in [-0.1, -0.05) is 36.4 Å². The van der Waals surface area contributed by atoms with E-state index in [0.717, 1.165) is 30.0 Å². The molecule has 2 aromatic rings. The molecule has 2 aliphatic rings. The highest BCUT2D eigenvalue weighted by Crippen LogP contribution is 2.34. The average molecular weight is 519 g/mol. The van der Waals surface area contributed by atoms with E-state index in [4.69, 9.17) is 9.47 Å². The van der Waals surface area contributed by atoms with Crippen molar-refractivity contribution in [1.82, 2.24) is 9.80 Å². The Bertz CT molecular complexity index is 1060. The van der Waals surface area contributed by atoms with Crippen molar-refractivity contribution in [1.29, 1.82) is 0 Å². The van der Waals surface area contributed by atoms with Gasteiger partial charge in [-0.15, -0.1) is 0 Å². The van der Waals surface area contributed by atoms with Crippen molar-refractivity contribution in [2.75, 3.05) is 52.5 Å². The van der Waals surface area contributed by atoms with Crippen LogP contribution in [0, 0.1) is 0 Å². The first-order chi connectivity index (χ1) is 17.8. The van der Waals surface area contributed by atoms with Crippen LogP contribution in [0.5, 0.6) is 5.75 Å². The minimum absolute atomic E-state index is 0.0748. The molecule has 2 aliphatic heterocycles. The van der Waals surface area contributed by atoms with E-state index in [1.807, 2.05) is 18.2 Å². The lowest BCUT2D eigenvalue weighted by atomic mass is 9.88. The molecule has 0 aromatic heterocycles. The number of hydrogen-bond acceptors (Lipinski definition) is 5. The molecular weight excluding hydrogens is 485 g/mol. The predicted molar refractivity (Wildman–Crippen MR) is 134 cm³/mol. The number of carbonyl (C=O) groups excluding carboxylic acids is 1. The van der Waals surface area contributed by atoms with Gasteiger partial charge in [-0.3, -0.25) is 4.79 Å². The fourth-order valence-corrected chi connectivity index (χ4v) is 4.75. The van der Waals surface area contributed by atoms with Crippen molar-refractivity contribution in [3.8, 4) is 5.75 Å². The molecule has 1 amide bonds. The Labute approximate surface area is 215 Å². The zero-order chi connectivity index (χ0) is 26.3. The zero-order valence-electron chi connectivity index (χ0n) is 20.7. The van der Waals surface area contributed by atoms with Gasteiger partial charge in [0.05, 0.1) is 18.8 Å². The van der Waals surface area contributed by atoms with Crippen molar-refractivity contribution in [2.45, 2.75) is 31.0 Å². The molecular formula is C28H33F3N2O4. The van der Waals surface area contributed by atoms with E-state index in [1.165, 1.54) is 18.2 Å². The number of carbonyl (C=O) groups is 1. The fourth-order valence-electron chi connectivity index (χ4n) is 4.75. The first kappa shape index (κ1) is 27.2. The van der Waals surface area contributed by atoms with Crippen molar-refractivity contribution < 1.29 is 32.5 Å². The maximum Gasteiger partial charge on any atom is 0.416 e. The quantitative estimate of drug-likeness (QED) is 0.531. The monoisotopic (exact) mass is 518 g/mol. The molecule has 1 atom stereocenters. The van der Waals surface area contributed by atoms with Gasteiger partial charge in [0.15, 0.2) is 0 Å². The van der Waals surface area contributed by atoms with Crippen molar-refractivity contribution in [3.63, 3.8) is 0 Å². The summed E-state index contributed by atoms with van der Waals surface area (Å²) in [6.07, 6.45) is -0.346. The molecule has 2 heterocycles. The third-order valence-electron chi connectivity index (χ3n) is 6.82. The summed E-state index contributed by atoms with van der Waals surface area (Å²) in [6.45, 7) is 4.14.